The van der Waals surface area contributed by atoms with E-state index in [2.05, 4.69) is 16.5 Å². The number of rotatable bonds is 7. The maximum Gasteiger partial charge on any atom is 0.416 e. The number of aryl methyl sites for hydroxylation is 3. The van der Waals surface area contributed by atoms with Crippen molar-refractivity contribution in [3.8, 4) is 21.0 Å². The summed E-state index contributed by atoms with van der Waals surface area (Å²) in [5.74, 6) is -2.86. The summed E-state index contributed by atoms with van der Waals surface area (Å²) in [4.78, 5) is 30.4. The van der Waals surface area contributed by atoms with Gasteiger partial charge in [-0.15, -0.1) is 11.3 Å². The summed E-state index contributed by atoms with van der Waals surface area (Å²) in [6.45, 7) is 9.24. The molecule has 0 saturated carbocycles. The van der Waals surface area contributed by atoms with E-state index in [1.807, 2.05) is 13.0 Å². The van der Waals surface area contributed by atoms with Crippen molar-refractivity contribution in [2.75, 3.05) is 18.0 Å². The van der Waals surface area contributed by atoms with Gasteiger partial charge < -0.3 is 14.7 Å². The van der Waals surface area contributed by atoms with Crippen molar-refractivity contribution in [1.29, 1.82) is 0 Å². The molecule has 2 aromatic heterocycles. The predicted molar refractivity (Wildman–Crippen MR) is 167 cm³/mol. The molecule has 2 saturated heterocycles. The maximum atomic E-state index is 13.7. The van der Waals surface area contributed by atoms with Crippen LogP contribution in [0.15, 0.2) is 49.2 Å². The van der Waals surface area contributed by atoms with Crippen molar-refractivity contribution in [2.45, 2.75) is 58.5 Å². The lowest BCUT2D eigenvalue weighted by Crippen LogP contribution is -2.57. The van der Waals surface area contributed by atoms with Crippen molar-refractivity contribution < 1.29 is 36.6 Å². The van der Waals surface area contributed by atoms with Gasteiger partial charge in [-0.25, -0.2) is 28.5 Å². The summed E-state index contributed by atoms with van der Waals surface area (Å²) in [5, 5.41) is 10.5. The summed E-state index contributed by atoms with van der Waals surface area (Å²) in [7, 11) is 0. The molecule has 0 unspecified atom stereocenters. The highest BCUT2D eigenvalue weighted by atomic mass is 32.1. The Balaban J connectivity index is 1.37. The number of hydrogen-bond donors (Lipinski definition) is 1. The Hall–Kier alpha value is -4.59. The van der Waals surface area contributed by atoms with E-state index in [0.29, 0.717) is 38.0 Å². The molecule has 4 heterocycles. The van der Waals surface area contributed by atoms with Gasteiger partial charge >= 0.3 is 12.3 Å². The van der Waals surface area contributed by atoms with E-state index >= 15 is 0 Å². The minimum Gasteiger partial charge on any atom is -0.508 e. The largest absolute Gasteiger partial charge is 0.508 e. The molecule has 1 N–H and O–H groups in total. The minimum absolute atomic E-state index is 0.0578. The Morgan fingerprint density at radius 2 is 1.83 bits per heavy atom. The molecule has 0 spiro atoms. The van der Waals surface area contributed by atoms with Gasteiger partial charge in [0.25, 0.3) is 5.92 Å². The second kappa shape index (κ2) is 11.6. The highest BCUT2D eigenvalue weighted by Gasteiger charge is 2.46. The van der Waals surface area contributed by atoms with E-state index in [-0.39, 0.29) is 23.8 Å². The monoisotopic (exact) mass is 671 g/mol. The summed E-state index contributed by atoms with van der Waals surface area (Å²) < 4.78 is 73.8. The third-order valence-corrected chi connectivity index (χ3v) is 9.51. The third-order valence-electron chi connectivity index (χ3n) is 8.28. The molecule has 6 rings (SSSR count). The molecule has 47 heavy (non-hydrogen) atoms. The van der Waals surface area contributed by atoms with Gasteiger partial charge in [0.05, 0.1) is 47.5 Å². The first-order chi connectivity index (χ1) is 22.0. The van der Waals surface area contributed by atoms with Gasteiger partial charge in [0.1, 0.15) is 16.9 Å². The quantitative estimate of drug-likeness (QED) is 0.156. The van der Waals surface area contributed by atoms with Crippen molar-refractivity contribution in [1.82, 2.24) is 19.9 Å². The standard InChI is InChI=1S/C33H30F5N5O3S/c1-16-8-22(11-23(9-16)33(36,37)38)27-19(4)43(31(45)46-27)13-26-25(12-39-30(41-26)42-14-32(34,35)15-42)28-18(3)40-29(47-28)24-7-6-21(20(5)44)10-17(24)2/h6-12,19,27,44H,5,13-15H2,1-4H3/t19-,27-/m0/s1. The van der Waals surface area contributed by atoms with E-state index in [0.717, 1.165) is 23.3 Å². The molecule has 0 radical (unpaired) electrons. The zero-order valence-corrected chi connectivity index (χ0v) is 26.6. The molecule has 2 fully saturated rings. The van der Waals surface area contributed by atoms with Crippen LogP contribution in [-0.4, -0.2) is 56.1 Å². The summed E-state index contributed by atoms with van der Waals surface area (Å²) in [6, 6.07) is 8.23. The number of halogens is 5. The first-order valence-corrected chi connectivity index (χ1v) is 15.4. The Morgan fingerprint density at radius 3 is 2.47 bits per heavy atom. The van der Waals surface area contributed by atoms with Crippen LogP contribution in [0.3, 0.4) is 0 Å². The number of anilines is 1. The number of alkyl halides is 5. The van der Waals surface area contributed by atoms with Crippen molar-refractivity contribution in [3.63, 3.8) is 0 Å². The van der Waals surface area contributed by atoms with Crippen molar-refractivity contribution in [2.24, 2.45) is 0 Å². The molecule has 0 aliphatic carbocycles. The molecule has 2 atom stereocenters. The average molecular weight is 672 g/mol. The van der Waals surface area contributed by atoms with Gasteiger partial charge in [0.2, 0.25) is 5.95 Å². The first kappa shape index (κ1) is 32.4. The normalized spacial score (nSPS) is 19.1. The third kappa shape index (κ3) is 6.25. The Labute approximate surface area is 271 Å². The molecule has 1 amide bonds. The number of hydrogen-bond acceptors (Lipinski definition) is 8. The van der Waals surface area contributed by atoms with Crippen LogP contribution >= 0.6 is 11.3 Å². The zero-order valence-electron chi connectivity index (χ0n) is 25.8. The van der Waals surface area contributed by atoms with Crippen LogP contribution in [0.25, 0.3) is 26.8 Å². The molecule has 2 aliphatic rings. The summed E-state index contributed by atoms with van der Waals surface area (Å²) in [5.41, 5.74) is 3.51. The average Bonchev–Trinajstić information content (AvgIpc) is 3.49. The number of carbonyl (C=O) groups is 1. The minimum atomic E-state index is -4.58. The lowest BCUT2D eigenvalue weighted by molar-refractivity contribution is -0.137. The van der Waals surface area contributed by atoms with Gasteiger partial charge in [-0.2, -0.15) is 13.2 Å². The van der Waals surface area contributed by atoms with Gasteiger partial charge in [-0.1, -0.05) is 30.3 Å². The maximum absolute atomic E-state index is 13.7. The van der Waals surface area contributed by atoms with Crippen LogP contribution in [0, 0.1) is 20.8 Å². The van der Waals surface area contributed by atoms with Crippen LogP contribution in [-0.2, 0) is 17.5 Å². The number of aliphatic hydroxyl groups is 1. The van der Waals surface area contributed by atoms with Crippen LogP contribution in [0.5, 0.6) is 0 Å². The molecular weight excluding hydrogens is 641 g/mol. The lowest BCUT2D eigenvalue weighted by atomic mass is 9.98. The lowest BCUT2D eigenvalue weighted by Gasteiger charge is -2.38. The Kier molecular flexibility index (Phi) is 7.97. The molecule has 14 heteroatoms. The van der Waals surface area contributed by atoms with E-state index < -0.39 is 49.0 Å². The van der Waals surface area contributed by atoms with Gasteiger partial charge in [0.15, 0.2) is 0 Å². The van der Waals surface area contributed by atoms with Crippen molar-refractivity contribution >= 4 is 29.1 Å². The number of benzene rings is 2. The van der Waals surface area contributed by atoms with Crippen LogP contribution < -0.4 is 4.90 Å². The topological polar surface area (TPSA) is 91.7 Å². The number of aromatic nitrogens is 3. The zero-order chi connectivity index (χ0) is 34.0. The highest BCUT2D eigenvalue weighted by Crippen LogP contribution is 2.41. The number of carbonyl (C=O) groups excluding carboxylic acids is 1. The fourth-order valence-electron chi connectivity index (χ4n) is 5.83. The first-order valence-electron chi connectivity index (χ1n) is 14.6. The molecular formula is C33H30F5N5O3S. The summed E-state index contributed by atoms with van der Waals surface area (Å²) >= 11 is 1.35. The van der Waals surface area contributed by atoms with Crippen LogP contribution in [0.4, 0.5) is 32.7 Å². The molecule has 0 bridgehead atoms. The van der Waals surface area contributed by atoms with Gasteiger partial charge in [-0.05, 0) is 57.0 Å². The number of cyclic esters (lactones) is 1. The number of thiazole rings is 1. The van der Waals surface area contributed by atoms with Crippen molar-refractivity contribution in [3.05, 3.63) is 88.4 Å². The number of nitrogens with zero attached hydrogens (tertiary/aromatic N) is 5. The summed E-state index contributed by atoms with van der Waals surface area (Å²) in [6.07, 6.45) is -4.79. The second-order valence-electron chi connectivity index (χ2n) is 12.0. The SMILES string of the molecule is C=C(O)c1ccc(-c2nc(C)c(-c3cnc(N4CC(F)(F)C4)nc3CN3C(=O)O[C@H](c4cc(C)cc(C(F)(F)F)c4)[C@@H]3C)s2)c(C)c1. The second-order valence-corrected chi connectivity index (χ2v) is 13.0. The Morgan fingerprint density at radius 1 is 1.11 bits per heavy atom. The van der Waals surface area contributed by atoms with E-state index in [1.54, 1.807) is 32.0 Å². The Bertz CT molecular complexity index is 1900. The number of ether oxygens (including phenoxy) is 1. The van der Waals surface area contributed by atoms with Crippen LogP contribution in [0.1, 0.15) is 52.2 Å². The molecule has 246 valence electrons. The molecule has 4 aromatic rings. The van der Waals surface area contributed by atoms with Crippen LogP contribution in [0.2, 0.25) is 0 Å². The van der Waals surface area contributed by atoms with Gasteiger partial charge in [0, 0.05) is 22.9 Å². The number of aliphatic hydroxyl groups excluding tert-OH is 1. The predicted octanol–water partition coefficient (Wildman–Crippen LogP) is 8.28. The molecule has 2 aromatic carbocycles. The van der Waals surface area contributed by atoms with Gasteiger partial charge in [-0.3, -0.25) is 4.90 Å². The smallest absolute Gasteiger partial charge is 0.416 e. The number of amides is 1. The van der Waals surface area contributed by atoms with E-state index in [4.69, 9.17) is 9.72 Å². The fourth-order valence-corrected chi connectivity index (χ4v) is 7.02. The molecule has 2 aliphatic heterocycles. The fraction of sp³-hybridized carbons (Fsp3) is 0.333. The molecule has 8 nitrogen and oxygen atoms in total. The van der Waals surface area contributed by atoms with E-state index in [1.165, 1.54) is 34.3 Å². The van der Waals surface area contributed by atoms with E-state index in [9.17, 15) is 31.9 Å². The highest BCUT2D eigenvalue weighted by molar-refractivity contribution is 7.18.